The van der Waals surface area contributed by atoms with Gasteiger partial charge in [-0.1, -0.05) is 6.08 Å². The second-order valence-corrected chi connectivity index (χ2v) is 5.77. The van der Waals surface area contributed by atoms with Crippen LogP contribution in [-0.2, 0) is 4.79 Å². The lowest BCUT2D eigenvalue weighted by molar-refractivity contribution is -0.120. The maximum atomic E-state index is 12.3. The van der Waals surface area contributed by atoms with E-state index in [0.29, 0.717) is 18.3 Å². The molecule has 0 spiro atoms. The van der Waals surface area contributed by atoms with Gasteiger partial charge in [0.15, 0.2) is 0 Å². The zero-order valence-electron chi connectivity index (χ0n) is 13.4. The van der Waals surface area contributed by atoms with Crippen molar-refractivity contribution in [2.75, 3.05) is 23.7 Å². The number of carbonyl (C=O) groups is 2. The summed E-state index contributed by atoms with van der Waals surface area (Å²) in [5.41, 5.74) is 1.40. The SMILES string of the molecule is C=CCNC(=O)Nc1ccc(NC(=O)[C@H]2CCN[C@@H](C)C2)cc1. The molecule has 0 unspecified atom stereocenters. The average molecular weight is 316 g/mol. The van der Waals surface area contributed by atoms with Crippen molar-refractivity contribution in [2.24, 2.45) is 5.92 Å². The number of hydrogen-bond acceptors (Lipinski definition) is 3. The smallest absolute Gasteiger partial charge is 0.319 e. The van der Waals surface area contributed by atoms with Crippen molar-refractivity contribution in [2.45, 2.75) is 25.8 Å². The van der Waals surface area contributed by atoms with Crippen LogP contribution in [0.15, 0.2) is 36.9 Å². The average Bonchev–Trinajstić information content (AvgIpc) is 2.54. The first-order valence-corrected chi connectivity index (χ1v) is 7.88. The summed E-state index contributed by atoms with van der Waals surface area (Å²) in [7, 11) is 0. The Labute approximate surface area is 136 Å². The lowest BCUT2D eigenvalue weighted by atomic mass is 9.92. The van der Waals surface area contributed by atoms with Gasteiger partial charge in [0.1, 0.15) is 0 Å². The summed E-state index contributed by atoms with van der Waals surface area (Å²) in [5.74, 6) is 0.108. The molecule has 1 aromatic rings. The van der Waals surface area contributed by atoms with E-state index in [-0.39, 0.29) is 17.9 Å². The van der Waals surface area contributed by atoms with Gasteiger partial charge in [-0.25, -0.2) is 4.79 Å². The normalized spacial score (nSPS) is 20.4. The highest BCUT2D eigenvalue weighted by Gasteiger charge is 2.24. The van der Waals surface area contributed by atoms with Gasteiger partial charge in [-0.3, -0.25) is 4.79 Å². The molecule has 23 heavy (non-hydrogen) atoms. The van der Waals surface area contributed by atoms with Crippen molar-refractivity contribution >= 4 is 23.3 Å². The first-order chi connectivity index (χ1) is 11.1. The van der Waals surface area contributed by atoms with Gasteiger partial charge < -0.3 is 21.3 Å². The molecule has 2 rings (SSSR count). The first-order valence-electron chi connectivity index (χ1n) is 7.88. The summed E-state index contributed by atoms with van der Waals surface area (Å²) in [6, 6.07) is 7.17. The van der Waals surface area contributed by atoms with Crippen LogP contribution < -0.4 is 21.3 Å². The van der Waals surface area contributed by atoms with Crippen LogP contribution in [0.5, 0.6) is 0 Å². The summed E-state index contributed by atoms with van der Waals surface area (Å²) in [5, 5.41) is 11.6. The molecule has 1 aromatic carbocycles. The van der Waals surface area contributed by atoms with Gasteiger partial charge in [-0.15, -0.1) is 6.58 Å². The van der Waals surface area contributed by atoms with E-state index in [2.05, 4.69) is 34.8 Å². The monoisotopic (exact) mass is 316 g/mol. The molecule has 124 valence electrons. The third-order valence-electron chi connectivity index (χ3n) is 3.81. The van der Waals surface area contributed by atoms with E-state index < -0.39 is 0 Å². The molecule has 1 aliphatic rings. The molecule has 0 radical (unpaired) electrons. The van der Waals surface area contributed by atoms with Gasteiger partial charge in [0.2, 0.25) is 5.91 Å². The van der Waals surface area contributed by atoms with Crippen LogP contribution in [-0.4, -0.2) is 31.1 Å². The van der Waals surface area contributed by atoms with Crippen molar-refractivity contribution in [3.8, 4) is 0 Å². The van der Waals surface area contributed by atoms with Crippen LogP contribution in [0.3, 0.4) is 0 Å². The molecule has 6 heteroatoms. The molecule has 1 saturated heterocycles. The van der Waals surface area contributed by atoms with Crippen LogP contribution >= 0.6 is 0 Å². The number of amides is 3. The third kappa shape index (κ3) is 5.41. The quantitative estimate of drug-likeness (QED) is 0.629. The van der Waals surface area contributed by atoms with E-state index in [4.69, 9.17) is 0 Å². The van der Waals surface area contributed by atoms with Crippen molar-refractivity contribution in [3.05, 3.63) is 36.9 Å². The Morgan fingerprint density at radius 3 is 2.52 bits per heavy atom. The molecule has 6 nitrogen and oxygen atoms in total. The topological polar surface area (TPSA) is 82.3 Å². The minimum atomic E-state index is -0.287. The van der Waals surface area contributed by atoms with E-state index >= 15 is 0 Å². The van der Waals surface area contributed by atoms with Crippen LogP contribution in [0.4, 0.5) is 16.2 Å². The highest BCUT2D eigenvalue weighted by molar-refractivity contribution is 5.93. The molecule has 1 heterocycles. The van der Waals surface area contributed by atoms with Gasteiger partial charge in [0, 0.05) is 29.9 Å². The number of carbonyl (C=O) groups excluding carboxylic acids is 2. The molecule has 2 atom stereocenters. The fourth-order valence-corrected chi connectivity index (χ4v) is 2.59. The number of piperidine rings is 1. The largest absolute Gasteiger partial charge is 0.334 e. The molecule has 0 bridgehead atoms. The van der Waals surface area contributed by atoms with Crippen molar-refractivity contribution < 1.29 is 9.59 Å². The van der Waals surface area contributed by atoms with Gasteiger partial charge in [0.05, 0.1) is 0 Å². The van der Waals surface area contributed by atoms with Gasteiger partial charge >= 0.3 is 6.03 Å². The van der Waals surface area contributed by atoms with Gasteiger partial charge in [0.25, 0.3) is 0 Å². The summed E-state index contributed by atoms with van der Waals surface area (Å²) in [6.07, 6.45) is 3.33. The molecule has 3 amide bonds. The van der Waals surface area contributed by atoms with Crippen molar-refractivity contribution in [1.82, 2.24) is 10.6 Å². The predicted molar refractivity (Wildman–Crippen MR) is 92.5 cm³/mol. The fraction of sp³-hybridized carbons (Fsp3) is 0.412. The van der Waals surface area contributed by atoms with Crippen molar-refractivity contribution in [3.63, 3.8) is 0 Å². The van der Waals surface area contributed by atoms with E-state index in [1.54, 1.807) is 30.3 Å². The molecule has 0 saturated carbocycles. The van der Waals surface area contributed by atoms with Gasteiger partial charge in [-0.2, -0.15) is 0 Å². The summed E-state index contributed by atoms with van der Waals surface area (Å²) >= 11 is 0. The second-order valence-electron chi connectivity index (χ2n) is 5.77. The maximum absolute atomic E-state index is 12.3. The summed E-state index contributed by atoms with van der Waals surface area (Å²) < 4.78 is 0. The van der Waals surface area contributed by atoms with E-state index in [9.17, 15) is 9.59 Å². The molecule has 1 aliphatic heterocycles. The highest BCUT2D eigenvalue weighted by atomic mass is 16.2. The molecular formula is C17H24N4O2. The molecular weight excluding hydrogens is 292 g/mol. The maximum Gasteiger partial charge on any atom is 0.319 e. The Morgan fingerprint density at radius 2 is 1.91 bits per heavy atom. The Bertz CT molecular complexity index is 556. The van der Waals surface area contributed by atoms with Crippen LogP contribution in [0.25, 0.3) is 0 Å². The van der Waals surface area contributed by atoms with Crippen molar-refractivity contribution in [1.29, 1.82) is 0 Å². The lowest BCUT2D eigenvalue weighted by Crippen LogP contribution is -2.40. The number of benzene rings is 1. The van der Waals surface area contributed by atoms with Crippen LogP contribution in [0.2, 0.25) is 0 Å². The first kappa shape index (κ1) is 17.0. The second kappa shape index (κ2) is 8.33. The molecule has 4 N–H and O–H groups in total. The molecule has 1 fully saturated rings. The minimum Gasteiger partial charge on any atom is -0.334 e. The number of hydrogen-bond donors (Lipinski definition) is 4. The van der Waals surface area contributed by atoms with Crippen LogP contribution in [0, 0.1) is 5.92 Å². The number of anilines is 2. The fourth-order valence-electron chi connectivity index (χ4n) is 2.59. The third-order valence-corrected chi connectivity index (χ3v) is 3.81. The zero-order chi connectivity index (χ0) is 16.7. The Balaban J connectivity index is 1.85. The Kier molecular flexibility index (Phi) is 6.17. The van der Waals surface area contributed by atoms with Gasteiger partial charge in [-0.05, 0) is 50.6 Å². The minimum absolute atomic E-state index is 0.0498. The number of nitrogens with one attached hydrogen (secondary N) is 4. The van der Waals surface area contributed by atoms with Crippen LogP contribution in [0.1, 0.15) is 19.8 Å². The Hall–Kier alpha value is -2.34. The summed E-state index contributed by atoms with van der Waals surface area (Å²) in [6.45, 7) is 6.92. The number of urea groups is 1. The van der Waals surface area contributed by atoms with E-state index in [0.717, 1.165) is 25.1 Å². The standard InChI is InChI=1S/C17H24N4O2/c1-3-9-19-17(23)21-15-6-4-14(5-7-15)20-16(22)13-8-10-18-12(2)11-13/h3-7,12-13,18H,1,8-11H2,2H3,(H,20,22)(H2,19,21,23)/t12-,13-/m0/s1. The highest BCUT2D eigenvalue weighted by Crippen LogP contribution is 2.19. The molecule has 0 aromatic heterocycles. The molecule has 0 aliphatic carbocycles. The van der Waals surface area contributed by atoms with E-state index in [1.165, 1.54) is 0 Å². The summed E-state index contributed by atoms with van der Waals surface area (Å²) in [4.78, 5) is 23.8. The zero-order valence-corrected chi connectivity index (χ0v) is 13.4. The Morgan fingerprint density at radius 1 is 1.26 bits per heavy atom. The predicted octanol–water partition coefficient (Wildman–Crippen LogP) is 2.32. The lowest BCUT2D eigenvalue weighted by Gasteiger charge is -2.27. The van der Waals surface area contributed by atoms with E-state index in [1.807, 2.05) is 0 Å². The number of rotatable bonds is 5.